The van der Waals surface area contributed by atoms with E-state index >= 15 is 0 Å². The van der Waals surface area contributed by atoms with Gasteiger partial charge in [0.15, 0.2) is 5.78 Å². The molecule has 1 atom stereocenters. The van der Waals surface area contributed by atoms with Gasteiger partial charge in [0.2, 0.25) is 0 Å². The lowest BCUT2D eigenvalue weighted by Gasteiger charge is -2.12. The number of aldehydes is 1. The highest BCUT2D eigenvalue weighted by Gasteiger charge is 2.12. The van der Waals surface area contributed by atoms with Gasteiger partial charge in [0.05, 0.1) is 6.04 Å². The number of aliphatic hydroxyl groups is 1. The van der Waals surface area contributed by atoms with Crippen LogP contribution in [0.2, 0.25) is 0 Å². The molecule has 19 heavy (non-hydrogen) atoms. The highest BCUT2D eigenvalue weighted by Crippen LogP contribution is 2.06. The molecular weight excluding hydrogens is 246 g/mol. The fourth-order valence-electron chi connectivity index (χ4n) is 1.59. The molecule has 5 heteroatoms. The second-order valence-corrected chi connectivity index (χ2v) is 4.22. The van der Waals surface area contributed by atoms with Gasteiger partial charge in [-0.1, -0.05) is 12.1 Å². The molecule has 0 spiro atoms. The van der Waals surface area contributed by atoms with Crippen molar-refractivity contribution < 1.29 is 19.5 Å². The Kier molecular flexibility index (Phi) is 5.89. The average molecular weight is 263 g/mol. The highest BCUT2D eigenvalue weighted by molar-refractivity contribution is 5.98. The molecule has 0 saturated heterocycles. The van der Waals surface area contributed by atoms with Crippen molar-refractivity contribution in [2.24, 2.45) is 0 Å². The largest absolute Gasteiger partial charge is 0.396 e. The van der Waals surface area contributed by atoms with E-state index in [1.807, 2.05) is 0 Å². The van der Waals surface area contributed by atoms with Crippen molar-refractivity contribution in [2.75, 3.05) is 6.61 Å². The van der Waals surface area contributed by atoms with E-state index in [1.165, 1.54) is 6.92 Å². The predicted molar refractivity (Wildman–Crippen MR) is 70.1 cm³/mol. The Hall–Kier alpha value is -2.01. The van der Waals surface area contributed by atoms with Gasteiger partial charge in [-0.15, -0.1) is 0 Å². The minimum Gasteiger partial charge on any atom is -0.396 e. The summed E-state index contributed by atoms with van der Waals surface area (Å²) in [6.45, 7) is 1.43. The van der Waals surface area contributed by atoms with Gasteiger partial charge in [-0.05, 0) is 31.9 Å². The molecule has 0 fully saturated rings. The molecule has 0 aliphatic carbocycles. The van der Waals surface area contributed by atoms with Gasteiger partial charge in [-0.2, -0.15) is 0 Å². The molecule has 102 valence electrons. The molecule has 0 radical (unpaired) electrons. The van der Waals surface area contributed by atoms with Crippen LogP contribution in [-0.2, 0) is 4.79 Å². The summed E-state index contributed by atoms with van der Waals surface area (Å²) in [4.78, 5) is 33.7. The summed E-state index contributed by atoms with van der Waals surface area (Å²) in [6.07, 6.45) is 1.50. The predicted octanol–water partition coefficient (Wildman–Crippen LogP) is 0.959. The molecule has 2 N–H and O–H groups in total. The third-order valence-corrected chi connectivity index (χ3v) is 2.71. The lowest BCUT2D eigenvalue weighted by molar-refractivity contribution is -0.109. The quantitative estimate of drug-likeness (QED) is 0.567. The van der Waals surface area contributed by atoms with E-state index in [-0.39, 0.29) is 18.3 Å². The maximum atomic E-state index is 11.8. The minimum absolute atomic E-state index is 0.0203. The molecule has 0 saturated carbocycles. The van der Waals surface area contributed by atoms with E-state index < -0.39 is 6.04 Å². The maximum Gasteiger partial charge on any atom is 0.251 e. The zero-order valence-corrected chi connectivity index (χ0v) is 10.8. The number of ketones is 1. The number of rotatable bonds is 7. The molecular formula is C14H17NO4. The molecule has 1 amide bonds. The molecule has 0 bridgehead atoms. The Bertz CT molecular complexity index is 453. The number of benzene rings is 1. The number of carbonyl (C=O) groups is 3. The molecule has 1 aromatic carbocycles. The van der Waals surface area contributed by atoms with Gasteiger partial charge < -0.3 is 15.2 Å². The van der Waals surface area contributed by atoms with Gasteiger partial charge in [0.1, 0.15) is 6.29 Å². The van der Waals surface area contributed by atoms with Crippen molar-refractivity contribution >= 4 is 18.0 Å². The van der Waals surface area contributed by atoms with Crippen molar-refractivity contribution in [1.82, 2.24) is 5.32 Å². The SMILES string of the molecule is CC(=O)c1ccc(C(=O)N[C@H](C=O)CCCO)cc1. The van der Waals surface area contributed by atoms with Crippen LogP contribution in [0.25, 0.3) is 0 Å². The monoisotopic (exact) mass is 263 g/mol. The summed E-state index contributed by atoms with van der Waals surface area (Å²) >= 11 is 0. The van der Waals surface area contributed by atoms with Gasteiger partial charge in [-0.3, -0.25) is 9.59 Å². The Balaban J connectivity index is 2.66. The van der Waals surface area contributed by atoms with Crippen molar-refractivity contribution in [1.29, 1.82) is 0 Å². The van der Waals surface area contributed by atoms with Crippen LogP contribution >= 0.6 is 0 Å². The second kappa shape index (κ2) is 7.43. The van der Waals surface area contributed by atoms with E-state index in [9.17, 15) is 14.4 Å². The van der Waals surface area contributed by atoms with E-state index in [2.05, 4.69) is 5.32 Å². The number of Topliss-reactive ketones (excluding diaryl/α,β-unsaturated/α-hetero) is 1. The molecule has 0 heterocycles. The first-order chi connectivity index (χ1) is 9.08. The highest BCUT2D eigenvalue weighted by atomic mass is 16.3. The zero-order valence-electron chi connectivity index (χ0n) is 10.8. The Morgan fingerprint density at radius 2 is 1.84 bits per heavy atom. The average Bonchev–Trinajstić information content (AvgIpc) is 2.43. The van der Waals surface area contributed by atoms with Crippen LogP contribution in [0.3, 0.4) is 0 Å². The third kappa shape index (κ3) is 4.63. The minimum atomic E-state index is -0.605. The summed E-state index contributed by atoms with van der Waals surface area (Å²) in [7, 11) is 0. The number of amides is 1. The van der Waals surface area contributed by atoms with Crippen LogP contribution in [0.5, 0.6) is 0 Å². The first-order valence-corrected chi connectivity index (χ1v) is 6.06. The normalized spacial score (nSPS) is 11.7. The summed E-state index contributed by atoms with van der Waals surface area (Å²) in [5.74, 6) is -0.439. The van der Waals surface area contributed by atoms with Crippen LogP contribution in [0.1, 0.15) is 40.5 Å². The molecule has 0 aliphatic heterocycles. The zero-order chi connectivity index (χ0) is 14.3. The Labute approximate surface area is 111 Å². The lowest BCUT2D eigenvalue weighted by atomic mass is 10.1. The standard InChI is InChI=1S/C14H17NO4/c1-10(18)11-4-6-12(7-5-11)14(19)15-13(9-17)3-2-8-16/h4-7,9,13,16H,2-3,8H2,1H3,(H,15,19)/t13-/m0/s1. The van der Waals surface area contributed by atoms with Crippen LogP contribution in [0, 0.1) is 0 Å². The summed E-state index contributed by atoms with van der Waals surface area (Å²) < 4.78 is 0. The van der Waals surface area contributed by atoms with Crippen molar-refractivity contribution in [3.05, 3.63) is 35.4 Å². The molecule has 1 aromatic rings. The van der Waals surface area contributed by atoms with Crippen LogP contribution in [0.15, 0.2) is 24.3 Å². The van der Waals surface area contributed by atoms with Crippen LogP contribution in [0.4, 0.5) is 0 Å². The smallest absolute Gasteiger partial charge is 0.251 e. The van der Waals surface area contributed by atoms with Gasteiger partial charge >= 0.3 is 0 Å². The molecule has 0 unspecified atom stereocenters. The maximum absolute atomic E-state index is 11.8. The first kappa shape index (κ1) is 15.0. The number of hydrogen-bond donors (Lipinski definition) is 2. The Morgan fingerprint density at radius 3 is 2.32 bits per heavy atom. The van der Waals surface area contributed by atoms with Crippen LogP contribution in [-0.4, -0.2) is 35.7 Å². The third-order valence-electron chi connectivity index (χ3n) is 2.71. The molecule has 0 aliphatic rings. The number of hydrogen-bond acceptors (Lipinski definition) is 4. The second-order valence-electron chi connectivity index (χ2n) is 4.22. The fraction of sp³-hybridized carbons (Fsp3) is 0.357. The van der Waals surface area contributed by atoms with Crippen molar-refractivity contribution in [3.8, 4) is 0 Å². The molecule has 1 rings (SSSR count). The summed E-state index contributed by atoms with van der Waals surface area (Å²) in [5.41, 5.74) is 0.921. The number of aliphatic hydroxyl groups excluding tert-OH is 1. The van der Waals surface area contributed by atoms with Gasteiger partial charge in [0, 0.05) is 17.7 Å². The summed E-state index contributed by atoms with van der Waals surface area (Å²) in [6, 6.07) is 5.62. The lowest BCUT2D eigenvalue weighted by Crippen LogP contribution is -2.36. The van der Waals surface area contributed by atoms with E-state index in [1.54, 1.807) is 24.3 Å². The molecule has 5 nitrogen and oxygen atoms in total. The first-order valence-electron chi connectivity index (χ1n) is 6.06. The van der Waals surface area contributed by atoms with Gasteiger partial charge in [0.25, 0.3) is 5.91 Å². The topological polar surface area (TPSA) is 83.5 Å². The fourth-order valence-corrected chi connectivity index (χ4v) is 1.59. The number of nitrogens with one attached hydrogen (secondary N) is 1. The summed E-state index contributed by atoms with van der Waals surface area (Å²) in [5, 5.41) is 11.2. The van der Waals surface area contributed by atoms with E-state index in [0.29, 0.717) is 30.3 Å². The van der Waals surface area contributed by atoms with Gasteiger partial charge in [-0.25, -0.2) is 0 Å². The van der Waals surface area contributed by atoms with Crippen molar-refractivity contribution in [2.45, 2.75) is 25.8 Å². The Morgan fingerprint density at radius 1 is 1.26 bits per heavy atom. The number of carbonyl (C=O) groups excluding carboxylic acids is 3. The van der Waals surface area contributed by atoms with Crippen LogP contribution < -0.4 is 5.32 Å². The van der Waals surface area contributed by atoms with Crippen molar-refractivity contribution in [3.63, 3.8) is 0 Å². The molecule has 0 aromatic heterocycles. The van der Waals surface area contributed by atoms with E-state index in [4.69, 9.17) is 5.11 Å². The van der Waals surface area contributed by atoms with E-state index in [0.717, 1.165) is 0 Å².